The van der Waals surface area contributed by atoms with Crippen molar-refractivity contribution in [2.24, 2.45) is 0 Å². The number of hydrogen-bond acceptors (Lipinski definition) is 2. The Bertz CT molecular complexity index is 733. The van der Waals surface area contributed by atoms with E-state index in [9.17, 15) is 18.0 Å². The van der Waals surface area contributed by atoms with Gasteiger partial charge in [0.2, 0.25) is 0 Å². The van der Waals surface area contributed by atoms with Gasteiger partial charge in [0.1, 0.15) is 17.7 Å². The first-order valence-corrected chi connectivity index (χ1v) is 6.71. The van der Waals surface area contributed by atoms with E-state index in [-0.39, 0.29) is 24.0 Å². The summed E-state index contributed by atoms with van der Waals surface area (Å²) in [7, 11) is 0. The second-order valence-electron chi connectivity index (χ2n) is 5.03. The monoisotopic (exact) mass is 307 g/mol. The molecule has 0 aliphatic carbocycles. The van der Waals surface area contributed by atoms with E-state index in [2.05, 4.69) is 5.32 Å². The number of nitrogens with one attached hydrogen (secondary N) is 1. The predicted octanol–water partition coefficient (Wildman–Crippen LogP) is 2.84. The van der Waals surface area contributed by atoms with Crippen LogP contribution in [0, 0.1) is 17.5 Å². The number of halogens is 3. The molecular formula is C16H12F3NO2. The molecule has 1 N–H and O–H groups in total. The van der Waals surface area contributed by atoms with Gasteiger partial charge in [-0.3, -0.25) is 4.79 Å². The Kier molecular flexibility index (Phi) is 3.75. The molecule has 3 rings (SSSR count). The predicted molar refractivity (Wildman–Crippen MR) is 73.2 cm³/mol. The van der Waals surface area contributed by atoms with Gasteiger partial charge >= 0.3 is 0 Å². The lowest BCUT2D eigenvalue weighted by molar-refractivity contribution is 0.0933. The van der Waals surface area contributed by atoms with Crippen LogP contribution in [0.4, 0.5) is 13.2 Å². The SMILES string of the molecule is O=C(NC[C@@H]1Cc2cc(F)ccc2O1)c1ccc(F)c(F)c1. The molecule has 0 radical (unpaired) electrons. The second-order valence-corrected chi connectivity index (χ2v) is 5.03. The van der Waals surface area contributed by atoms with Gasteiger partial charge in [0, 0.05) is 17.5 Å². The molecule has 0 fully saturated rings. The van der Waals surface area contributed by atoms with Crippen molar-refractivity contribution in [3.63, 3.8) is 0 Å². The molecule has 1 atom stereocenters. The van der Waals surface area contributed by atoms with Crippen LogP contribution < -0.4 is 10.1 Å². The number of fused-ring (bicyclic) bond motifs is 1. The Labute approximate surface area is 124 Å². The fourth-order valence-corrected chi connectivity index (χ4v) is 2.35. The molecule has 0 spiro atoms. The molecule has 22 heavy (non-hydrogen) atoms. The summed E-state index contributed by atoms with van der Waals surface area (Å²) in [6, 6.07) is 7.18. The third-order valence-corrected chi connectivity index (χ3v) is 3.44. The van der Waals surface area contributed by atoms with Crippen molar-refractivity contribution in [1.82, 2.24) is 5.32 Å². The fraction of sp³-hybridized carbons (Fsp3) is 0.188. The smallest absolute Gasteiger partial charge is 0.251 e. The van der Waals surface area contributed by atoms with E-state index in [0.29, 0.717) is 12.2 Å². The molecule has 1 amide bonds. The van der Waals surface area contributed by atoms with Crippen LogP contribution >= 0.6 is 0 Å². The minimum Gasteiger partial charge on any atom is -0.488 e. The number of benzene rings is 2. The number of amides is 1. The van der Waals surface area contributed by atoms with E-state index >= 15 is 0 Å². The third-order valence-electron chi connectivity index (χ3n) is 3.44. The highest BCUT2D eigenvalue weighted by atomic mass is 19.2. The molecular weight excluding hydrogens is 295 g/mol. The van der Waals surface area contributed by atoms with Crippen LogP contribution in [0.3, 0.4) is 0 Å². The average molecular weight is 307 g/mol. The molecule has 2 aromatic rings. The molecule has 1 aliphatic heterocycles. The highest BCUT2D eigenvalue weighted by Gasteiger charge is 2.23. The van der Waals surface area contributed by atoms with Crippen LogP contribution in [-0.2, 0) is 6.42 Å². The van der Waals surface area contributed by atoms with E-state index in [1.165, 1.54) is 18.2 Å². The van der Waals surface area contributed by atoms with Gasteiger partial charge in [-0.05, 0) is 36.4 Å². The Morgan fingerprint density at radius 3 is 2.73 bits per heavy atom. The van der Waals surface area contributed by atoms with Gasteiger partial charge in [0.25, 0.3) is 5.91 Å². The lowest BCUT2D eigenvalue weighted by Crippen LogP contribution is -2.34. The zero-order chi connectivity index (χ0) is 15.7. The van der Waals surface area contributed by atoms with Gasteiger partial charge < -0.3 is 10.1 Å². The average Bonchev–Trinajstić information content (AvgIpc) is 2.89. The number of ether oxygens (including phenoxy) is 1. The van der Waals surface area contributed by atoms with Gasteiger partial charge in [-0.25, -0.2) is 13.2 Å². The summed E-state index contributed by atoms with van der Waals surface area (Å²) in [6.45, 7) is 0.189. The van der Waals surface area contributed by atoms with Crippen LogP contribution in [0.1, 0.15) is 15.9 Å². The van der Waals surface area contributed by atoms with E-state index in [1.54, 1.807) is 6.07 Å². The fourth-order valence-electron chi connectivity index (χ4n) is 2.35. The summed E-state index contributed by atoms with van der Waals surface area (Å²) in [5.74, 6) is -2.35. The summed E-state index contributed by atoms with van der Waals surface area (Å²) in [5.41, 5.74) is 0.771. The highest BCUT2D eigenvalue weighted by molar-refractivity contribution is 5.94. The maximum atomic E-state index is 13.1. The summed E-state index contributed by atoms with van der Waals surface area (Å²) in [6.07, 6.45) is 0.163. The maximum absolute atomic E-state index is 13.1. The second kappa shape index (κ2) is 5.71. The molecule has 114 valence electrons. The molecule has 0 saturated carbocycles. The minimum atomic E-state index is -1.08. The molecule has 1 heterocycles. The summed E-state index contributed by atoms with van der Waals surface area (Å²) in [4.78, 5) is 11.9. The maximum Gasteiger partial charge on any atom is 0.251 e. The number of rotatable bonds is 3. The molecule has 0 bridgehead atoms. The number of hydrogen-bond donors (Lipinski definition) is 1. The number of carbonyl (C=O) groups is 1. The van der Waals surface area contributed by atoms with E-state index in [1.807, 2.05) is 0 Å². The van der Waals surface area contributed by atoms with Crippen molar-refractivity contribution in [3.05, 3.63) is 65.0 Å². The largest absolute Gasteiger partial charge is 0.488 e. The van der Waals surface area contributed by atoms with Gasteiger partial charge in [-0.1, -0.05) is 0 Å². The Morgan fingerprint density at radius 2 is 1.95 bits per heavy atom. The highest BCUT2D eigenvalue weighted by Crippen LogP contribution is 2.28. The molecule has 3 nitrogen and oxygen atoms in total. The van der Waals surface area contributed by atoms with Crippen LogP contribution in [0.15, 0.2) is 36.4 Å². The molecule has 6 heteroatoms. The van der Waals surface area contributed by atoms with E-state index in [0.717, 1.165) is 17.7 Å². The van der Waals surface area contributed by atoms with Crippen molar-refractivity contribution in [2.45, 2.75) is 12.5 Å². The van der Waals surface area contributed by atoms with Crippen LogP contribution in [0.2, 0.25) is 0 Å². The van der Waals surface area contributed by atoms with Gasteiger partial charge in [0.15, 0.2) is 11.6 Å². The minimum absolute atomic E-state index is 0.0282. The standard InChI is InChI=1S/C16H12F3NO2/c17-11-2-4-15-10(5-11)6-12(22-15)8-20-16(21)9-1-3-13(18)14(19)7-9/h1-5,7,12H,6,8H2,(H,20,21)/t12-/m0/s1. The quantitative estimate of drug-likeness (QED) is 0.947. The molecule has 0 unspecified atom stereocenters. The summed E-state index contributed by atoms with van der Waals surface area (Å²) in [5, 5.41) is 2.59. The lowest BCUT2D eigenvalue weighted by atomic mass is 10.1. The summed E-state index contributed by atoms with van der Waals surface area (Å²) >= 11 is 0. The van der Waals surface area contributed by atoms with Gasteiger partial charge in [-0.2, -0.15) is 0 Å². The van der Waals surface area contributed by atoms with Gasteiger partial charge in [0.05, 0.1) is 6.54 Å². The zero-order valence-electron chi connectivity index (χ0n) is 11.4. The van der Waals surface area contributed by atoms with Crippen LogP contribution in [0.25, 0.3) is 0 Å². The van der Waals surface area contributed by atoms with E-state index in [4.69, 9.17) is 4.74 Å². The van der Waals surface area contributed by atoms with Crippen molar-refractivity contribution in [3.8, 4) is 5.75 Å². The first-order valence-electron chi connectivity index (χ1n) is 6.71. The van der Waals surface area contributed by atoms with Crippen LogP contribution in [-0.4, -0.2) is 18.6 Å². The third kappa shape index (κ3) is 2.90. The molecule has 2 aromatic carbocycles. The lowest BCUT2D eigenvalue weighted by Gasteiger charge is -2.12. The normalized spacial score (nSPS) is 16.0. The van der Waals surface area contributed by atoms with Gasteiger partial charge in [-0.15, -0.1) is 0 Å². The summed E-state index contributed by atoms with van der Waals surface area (Å²) < 4.78 is 44.6. The molecule has 0 saturated heterocycles. The first kappa shape index (κ1) is 14.4. The van der Waals surface area contributed by atoms with Crippen molar-refractivity contribution >= 4 is 5.91 Å². The Hall–Kier alpha value is -2.50. The number of carbonyl (C=O) groups excluding carboxylic acids is 1. The molecule has 0 aromatic heterocycles. The zero-order valence-corrected chi connectivity index (χ0v) is 11.4. The Balaban J connectivity index is 1.59. The molecule has 1 aliphatic rings. The van der Waals surface area contributed by atoms with Crippen LogP contribution in [0.5, 0.6) is 5.75 Å². The Morgan fingerprint density at radius 1 is 1.14 bits per heavy atom. The van der Waals surface area contributed by atoms with Crippen molar-refractivity contribution in [2.75, 3.05) is 6.54 Å². The van der Waals surface area contributed by atoms with Crippen molar-refractivity contribution in [1.29, 1.82) is 0 Å². The first-order chi connectivity index (χ1) is 10.5. The van der Waals surface area contributed by atoms with E-state index < -0.39 is 17.5 Å². The topological polar surface area (TPSA) is 38.3 Å². The van der Waals surface area contributed by atoms with Crippen molar-refractivity contribution < 1.29 is 22.7 Å².